The van der Waals surface area contributed by atoms with E-state index >= 15 is 0 Å². The smallest absolute Gasteiger partial charge is 0.384 e. The Morgan fingerprint density at radius 2 is 1.86 bits per heavy atom. The van der Waals surface area contributed by atoms with Crippen molar-refractivity contribution in [1.29, 1.82) is 0 Å². The number of nitrogens with zero attached hydrogens (tertiary/aromatic N) is 3. The van der Waals surface area contributed by atoms with Crippen LogP contribution < -0.4 is 9.47 Å². The Hall–Kier alpha value is -4.43. The summed E-state index contributed by atoms with van der Waals surface area (Å²) in [6.45, 7) is 7.04. The minimum absolute atomic E-state index is 0.0114. The summed E-state index contributed by atoms with van der Waals surface area (Å²) in [6, 6.07) is 16.5. The van der Waals surface area contributed by atoms with Gasteiger partial charge in [-0.2, -0.15) is 0 Å². The number of carbonyl (C=O) groups is 1. The first-order valence-corrected chi connectivity index (χ1v) is 16.9. The van der Waals surface area contributed by atoms with Crippen molar-refractivity contribution in [2.24, 2.45) is 0 Å². The first kappa shape index (κ1) is 33.1. The molecule has 7 rings (SSSR count). The van der Waals surface area contributed by atoms with E-state index in [0.29, 0.717) is 53.2 Å². The van der Waals surface area contributed by atoms with E-state index in [1.807, 2.05) is 16.7 Å². The van der Waals surface area contributed by atoms with Crippen molar-refractivity contribution in [2.45, 2.75) is 64.0 Å². The van der Waals surface area contributed by atoms with E-state index in [0.717, 1.165) is 43.7 Å². The molecule has 0 radical (unpaired) electrons. The van der Waals surface area contributed by atoms with E-state index in [2.05, 4.69) is 22.8 Å². The van der Waals surface area contributed by atoms with E-state index in [4.69, 9.17) is 35.5 Å². The quantitative estimate of drug-likeness (QED) is 0.143. The molecule has 8 nitrogen and oxygen atoms in total. The predicted octanol–water partition coefficient (Wildman–Crippen LogP) is 7.21. The van der Waals surface area contributed by atoms with Gasteiger partial charge in [0.05, 0.1) is 31.4 Å². The maximum atomic E-state index is 14.9. The number of halogens is 3. The Morgan fingerprint density at radius 1 is 1.08 bits per heavy atom. The molecule has 1 unspecified atom stereocenters. The minimum atomic E-state index is -1.31. The summed E-state index contributed by atoms with van der Waals surface area (Å²) < 4.78 is 54.2. The van der Waals surface area contributed by atoms with E-state index in [1.165, 1.54) is 18.2 Å². The maximum Gasteiger partial charge on any atom is 0.384 e. The fourth-order valence-electron chi connectivity index (χ4n) is 6.70. The average molecular weight is 688 g/mol. The van der Waals surface area contributed by atoms with Crippen molar-refractivity contribution < 1.29 is 32.5 Å². The standard InChI is InChI=1S/C38H36ClF2N3O5/c1-3-46-35(45)14-13-32-36(25-7-10-27(40)11-8-25)42-34(44(32)22-28-17-20-47-28)23-43-18-15-24(16-19-43)29-5-4-6-33-37(29)49-38(2,48-33)30-12-9-26(39)21-31(30)41/h4-12,21,24,28H,3,15-20,22-23H2,1-2H3/t28?,38-/m0/s1. The van der Waals surface area contributed by atoms with Crippen LogP contribution >= 0.6 is 11.6 Å². The molecule has 0 spiro atoms. The minimum Gasteiger partial charge on any atom is -0.456 e. The lowest BCUT2D eigenvalue weighted by Gasteiger charge is -2.33. The summed E-state index contributed by atoms with van der Waals surface area (Å²) in [5.74, 6) is 5.07. The van der Waals surface area contributed by atoms with Crippen molar-refractivity contribution in [2.75, 3.05) is 26.3 Å². The van der Waals surface area contributed by atoms with Crippen LogP contribution in [0.1, 0.15) is 61.7 Å². The number of esters is 1. The first-order valence-electron chi connectivity index (χ1n) is 16.5. The molecule has 0 saturated carbocycles. The maximum absolute atomic E-state index is 14.9. The number of hydrogen-bond donors (Lipinski definition) is 0. The van der Waals surface area contributed by atoms with Gasteiger partial charge < -0.3 is 23.5 Å². The number of rotatable bonds is 8. The van der Waals surface area contributed by atoms with Crippen molar-refractivity contribution in [3.63, 3.8) is 0 Å². The number of ether oxygens (including phenoxy) is 4. The summed E-state index contributed by atoms with van der Waals surface area (Å²) in [7, 11) is 0. The molecule has 0 amide bonds. The molecule has 0 N–H and O–H groups in total. The van der Waals surface area contributed by atoms with Gasteiger partial charge in [0.25, 0.3) is 5.79 Å². The zero-order valence-electron chi connectivity index (χ0n) is 27.3. The van der Waals surface area contributed by atoms with Gasteiger partial charge in [-0.05, 0) is 99.6 Å². The number of imidazole rings is 1. The number of aromatic nitrogens is 2. The second-order valence-corrected chi connectivity index (χ2v) is 13.0. The molecular formula is C38H36ClF2N3O5. The number of fused-ring (bicyclic) bond motifs is 1. The highest BCUT2D eigenvalue weighted by atomic mass is 35.5. The van der Waals surface area contributed by atoms with Crippen LogP contribution in [0.5, 0.6) is 11.5 Å². The molecule has 49 heavy (non-hydrogen) atoms. The second-order valence-electron chi connectivity index (χ2n) is 12.6. The number of carbonyl (C=O) groups excluding carboxylic acids is 1. The van der Waals surface area contributed by atoms with Crippen LogP contribution in [0.3, 0.4) is 0 Å². The van der Waals surface area contributed by atoms with Crippen LogP contribution in [0.25, 0.3) is 11.3 Å². The van der Waals surface area contributed by atoms with Gasteiger partial charge in [-0.1, -0.05) is 23.7 Å². The van der Waals surface area contributed by atoms with Gasteiger partial charge in [0, 0.05) is 35.6 Å². The monoisotopic (exact) mass is 687 g/mol. The first-order chi connectivity index (χ1) is 23.7. The van der Waals surface area contributed by atoms with Gasteiger partial charge >= 0.3 is 5.97 Å². The van der Waals surface area contributed by atoms with Gasteiger partial charge in [-0.25, -0.2) is 18.6 Å². The predicted molar refractivity (Wildman–Crippen MR) is 179 cm³/mol. The van der Waals surface area contributed by atoms with Crippen molar-refractivity contribution >= 4 is 17.6 Å². The molecule has 0 bridgehead atoms. The molecule has 2 atom stereocenters. The number of para-hydroxylation sites is 1. The van der Waals surface area contributed by atoms with E-state index in [9.17, 15) is 13.6 Å². The average Bonchev–Trinajstić information content (AvgIpc) is 3.59. The lowest BCUT2D eigenvalue weighted by molar-refractivity contribution is -0.136. The zero-order valence-corrected chi connectivity index (χ0v) is 28.1. The van der Waals surface area contributed by atoms with Gasteiger partial charge in [0.1, 0.15) is 28.8 Å². The molecule has 3 aliphatic heterocycles. The largest absolute Gasteiger partial charge is 0.456 e. The third-order valence-electron chi connectivity index (χ3n) is 9.33. The number of likely N-dealkylation sites (tertiary alicyclic amines) is 1. The molecular weight excluding hydrogens is 652 g/mol. The fourth-order valence-corrected chi connectivity index (χ4v) is 6.86. The third-order valence-corrected chi connectivity index (χ3v) is 9.56. The van der Waals surface area contributed by atoms with Gasteiger partial charge in [0.15, 0.2) is 11.5 Å². The number of hydrogen-bond acceptors (Lipinski definition) is 7. The highest BCUT2D eigenvalue weighted by molar-refractivity contribution is 6.30. The van der Waals surface area contributed by atoms with Crippen molar-refractivity contribution in [3.05, 3.63) is 100.0 Å². The van der Waals surface area contributed by atoms with E-state index in [-0.39, 0.29) is 30.0 Å². The molecule has 11 heteroatoms. The summed E-state index contributed by atoms with van der Waals surface area (Å²) in [5.41, 5.74) is 3.17. The Labute approximate surface area is 288 Å². The Morgan fingerprint density at radius 3 is 2.55 bits per heavy atom. The second kappa shape index (κ2) is 13.8. The van der Waals surface area contributed by atoms with Crippen LogP contribution in [0.15, 0.2) is 60.7 Å². The van der Waals surface area contributed by atoms with Crippen LogP contribution in [0.2, 0.25) is 5.02 Å². The molecule has 3 aromatic carbocycles. The van der Waals surface area contributed by atoms with Crippen molar-refractivity contribution in [3.8, 4) is 34.6 Å². The van der Waals surface area contributed by atoms with Crippen LogP contribution in [0, 0.1) is 23.5 Å². The van der Waals surface area contributed by atoms with Gasteiger partial charge in [-0.15, -0.1) is 0 Å². The van der Waals surface area contributed by atoms with Crippen LogP contribution in [-0.2, 0) is 33.1 Å². The van der Waals surface area contributed by atoms with Crippen LogP contribution in [0.4, 0.5) is 8.78 Å². The van der Waals surface area contributed by atoms with E-state index in [1.54, 1.807) is 38.1 Å². The zero-order chi connectivity index (χ0) is 34.1. The molecule has 254 valence electrons. The molecule has 1 aromatic heterocycles. The third kappa shape index (κ3) is 6.89. The fraction of sp³-hybridized carbons (Fsp3) is 0.368. The summed E-state index contributed by atoms with van der Waals surface area (Å²) in [6.07, 6.45) is 2.64. The molecule has 4 aromatic rings. The Bertz CT molecular complexity index is 1930. The summed E-state index contributed by atoms with van der Waals surface area (Å²) in [4.78, 5) is 19.6. The number of benzene rings is 3. The van der Waals surface area contributed by atoms with Gasteiger partial charge in [-0.3, -0.25) is 4.90 Å². The van der Waals surface area contributed by atoms with Crippen molar-refractivity contribution in [1.82, 2.24) is 14.5 Å². The van der Waals surface area contributed by atoms with Crippen LogP contribution in [-0.4, -0.2) is 52.8 Å². The molecule has 2 fully saturated rings. The molecule has 0 aliphatic carbocycles. The highest BCUT2D eigenvalue weighted by Crippen LogP contribution is 2.50. The molecule has 4 heterocycles. The summed E-state index contributed by atoms with van der Waals surface area (Å²) in [5, 5.41) is 0.305. The molecule has 2 saturated heterocycles. The van der Waals surface area contributed by atoms with E-state index < -0.39 is 17.6 Å². The van der Waals surface area contributed by atoms with Gasteiger partial charge in [0.2, 0.25) is 0 Å². The topological polar surface area (TPSA) is 75.0 Å². The Kier molecular flexibility index (Phi) is 9.34. The lowest BCUT2D eigenvalue weighted by atomic mass is 9.88. The lowest BCUT2D eigenvalue weighted by Crippen LogP contribution is -2.35. The normalized spacial score (nSPS) is 20.4. The Balaban J connectivity index is 1.12. The number of piperidine rings is 1. The highest BCUT2D eigenvalue weighted by Gasteiger charge is 2.43. The molecule has 3 aliphatic rings. The SMILES string of the molecule is CCOC(=O)C#Cc1c(-c2ccc(F)cc2)nc(CN2CCC(c3cccc4c3O[C@@](C)(c3ccc(Cl)cc3F)O4)CC2)n1CC1CCO1. The summed E-state index contributed by atoms with van der Waals surface area (Å²) >= 11 is 5.99.